The highest BCUT2D eigenvalue weighted by molar-refractivity contribution is 7.92. The molecule has 2 aliphatic rings. The summed E-state index contributed by atoms with van der Waals surface area (Å²) in [6, 6.07) is 9.84. The summed E-state index contributed by atoms with van der Waals surface area (Å²) >= 11 is 0. The maximum atomic E-state index is 13.8. The van der Waals surface area contributed by atoms with Crippen molar-refractivity contribution in [2.24, 2.45) is 0 Å². The molecule has 0 aromatic heterocycles. The van der Waals surface area contributed by atoms with E-state index >= 15 is 0 Å². The number of halogens is 1. The number of nitrogens with zero attached hydrogens (tertiary/aromatic N) is 2. The van der Waals surface area contributed by atoms with E-state index in [1.165, 1.54) is 12.8 Å². The molecule has 8 heteroatoms. The summed E-state index contributed by atoms with van der Waals surface area (Å²) in [6.07, 6.45) is 2.61. The molecule has 0 amide bonds. The molecule has 1 N–H and O–H groups in total. The number of rotatable bonds is 5. The first-order valence-electron chi connectivity index (χ1n) is 9.21. The quantitative estimate of drug-likeness (QED) is 0.772. The van der Waals surface area contributed by atoms with Gasteiger partial charge in [0.25, 0.3) is 0 Å². The van der Waals surface area contributed by atoms with Crippen LogP contribution in [0.3, 0.4) is 0 Å². The van der Waals surface area contributed by atoms with Crippen molar-refractivity contribution in [2.75, 3.05) is 36.0 Å². The lowest BCUT2D eigenvalue weighted by atomic mass is 10.1. The third kappa shape index (κ3) is 3.22. The number of hydrogen-bond donors (Lipinski definition) is 1. The third-order valence-corrected chi connectivity index (χ3v) is 7.54. The number of benzene rings is 2. The van der Waals surface area contributed by atoms with E-state index in [1.807, 2.05) is 17.0 Å². The molecule has 0 atom stereocenters. The Kier molecular flexibility index (Phi) is 4.74. The lowest BCUT2D eigenvalue weighted by Gasteiger charge is -2.40. The van der Waals surface area contributed by atoms with Crippen molar-refractivity contribution in [3.05, 3.63) is 47.8 Å². The summed E-state index contributed by atoms with van der Waals surface area (Å²) in [5.41, 5.74) is 1.73. The largest absolute Gasteiger partial charge is 0.504 e. The maximum Gasteiger partial charge on any atom is 0.184 e. The molecule has 0 unspecified atom stereocenters. The lowest BCUT2D eigenvalue weighted by molar-refractivity contribution is 0.112. The van der Waals surface area contributed by atoms with E-state index in [2.05, 4.69) is 17.0 Å². The fourth-order valence-electron chi connectivity index (χ4n) is 3.75. The SMILES string of the molecule is O=Cc1cc(S(=O)(=O)C2CN(c3cccc(N4CCCC4)c3)C2)cc(F)c1O. The van der Waals surface area contributed by atoms with Gasteiger partial charge < -0.3 is 14.9 Å². The number of carbonyl (C=O) groups excluding carboxylic acids is 1. The van der Waals surface area contributed by atoms with Gasteiger partial charge in [0.15, 0.2) is 27.7 Å². The highest BCUT2D eigenvalue weighted by atomic mass is 32.2. The van der Waals surface area contributed by atoms with Crippen LogP contribution in [0.4, 0.5) is 15.8 Å². The van der Waals surface area contributed by atoms with Crippen LogP contribution in [0.2, 0.25) is 0 Å². The minimum absolute atomic E-state index is 0.244. The fourth-order valence-corrected chi connectivity index (χ4v) is 5.44. The van der Waals surface area contributed by atoms with E-state index in [0.29, 0.717) is 13.1 Å². The van der Waals surface area contributed by atoms with Crippen LogP contribution >= 0.6 is 0 Å². The van der Waals surface area contributed by atoms with Crippen LogP contribution in [0.15, 0.2) is 41.3 Å². The topological polar surface area (TPSA) is 77.9 Å². The molecule has 2 aliphatic heterocycles. The lowest BCUT2D eigenvalue weighted by Crippen LogP contribution is -2.54. The number of carbonyl (C=O) groups is 1. The molecular weight excluding hydrogens is 383 g/mol. The molecule has 28 heavy (non-hydrogen) atoms. The van der Waals surface area contributed by atoms with Crippen LogP contribution in [-0.2, 0) is 9.84 Å². The van der Waals surface area contributed by atoms with Gasteiger partial charge in [-0.2, -0.15) is 0 Å². The molecule has 6 nitrogen and oxygen atoms in total. The highest BCUT2D eigenvalue weighted by Crippen LogP contribution is 2.33. The van der Waals surface area contributed by atoms with Crippen molar-refractivity contribution in [3.8, 4) is 5.75 Å². The summed E-state index contributed by atoms with van der Waals surface area (Å²) in [5.74, 6) is -1.94. The average molecular weight is 404 g/mol. The Labute approximate surface area is 163 Å². The molecule has 0 saturated carbocycles. The fraction of sp³-hybridized carbons (Fsp3) is 0.350. The summed E-state index contributed by atoms with van der Waals surface area (Å²) in [7, 11) is -3.80. The molecular formula is C20H21FN2O4S. The summed E-state index contributed by atoms with van der Waals surface area (Å²) in [6.45, 7) is 2.66. The molecule has 2 aromatic carbocycles. The monoisotopic (exact) mass is 404 g/mol. The van der Waals surface area contributed by atoms with Crippen LogP contribution in [0.5, 0.6) is 5.75 Å². The Morgan fingerprint density at radius 1 is 1.04 bits per heavy atom. The summed E-state index contributed by atoms with van der Waals surface area (Å²) in [4.78, 5) is 15.0. The van der Waals surface area contributed by atoms with Crippen LogP contribution in [0.1, 0.15) is 23.2 Å². The minimum atomic E-state index is -3.80. The molecule has 2 aromatic rings. The van der Waals surface area contributed by atoms with E-state index in [4.69, 9.17) is 0 Å². The number of aromatic hydroxyl groups is 1. The molecule has 148 valence electrons. The Balaban J connectivity index is 1.51. The van der Waals surface area contributed by atoms with E-state index in [0.717, 1.165) is 36.6 Å². The molecule has 0 radical (unpaired) electrons. The van der Waals surface area contributed by atoms with Crippen LogP contribution in [0.25, 0.3) is 0 Å². The van der Waals surface area contributed by atoms with E-state index in [9.17, 15) is 22.7 Å². The predicted molar refractivity (Wildman–Crippen MR) is 105 cm³/mol. The Hall–Kier alpha value is -2.61. The van der Waals surface area contributed by atoms with Crippen molar-refractivity contribution in [1.82, 2.24) is 0 Å². The van der Waals surface area contributed by atoms with Gasteiger partial charge in [0, 0.05) is 37.6 Å². The van der Waals surface area contributed by atoms with Crippen molar-refractivity contribution < 1.29 is 22.7 Å². The zero-order chi connectivity index (χ0) is 19.9. The van der Waals surface area contributed by atoms with Crippen LogP contribution in [-0.4, -0.2) is 51.2 Å². The standard InChI is InChI=1S/C20H21FN2O4S/c21-19-10-17(8-14(13-24)20(19)25)28(26,27)18-11-23(12-18)16-5-3-4-15(9-16)22-6-1-2-7-22/h3-5,8-10,13,18,25H,1-2,6-7,11-12H2. The van der Waals surface area contributed by atoms with Crippen molar-refractivity contribution in [3.63, 3.8) is 0 Å². The van der Waals surface area contributed by atoms with Gasteiger partial charge in [-0.25, -0.2) is 12.8 Å². The Morgan fingerprint density at radius 3 is 2.32 bits per heavy atom. The summed E-state index contributed by atoms with van der Waals surface area (Å²) < 4.78 is 39.4. The molecule has 2 saturated heterocycles. The number of hydrogen-bond acceptors (Lipinski definition) is 6. The number of phenols is 1. The molecule has 0 bridgehead atoms. The van der Waals surface area contributed by atoms with Gasteiger partial charge in [-0.15, -0.1) is 0 Å². The van der Waals surface area contributed by atoms with Gasteiger partial charge in [-0.05, 0) is 43.2 Å². The van der Waals surface area contributed by atoms with E-state index < -0.39 is 26.7 Å². The Bertz CT molecular complexity index is 1010. The van der Waals surface area contributed by atoms with Gasteiger partial charge in [0.2, 0.25) is 0 Å². The van der Waals surface area contributed by atoms with Crippen molar-refractivity contribution >= 4 is 27.5 Å². The molecule has 2 fully saturated rings. The second-order valence-electron chi connectivity index (χ2n) is 7.25. The zero-order valence-electron chi connectivity index (χ0n) is 15.2. The minimum Gasteiger partial charge on any atom is -0.504 e. The van der Waals surface area contributed by atoms with Gasteiger partial charge in [-0.3, -0.25) is 4.79 Å². The average Bonchev–Trinajstić information content (AvgIpc) is 3.17. The van der Waals surface area contributed by atoms with Crippen LogP contribution in [0, 0.1) is 5.82 Å². The second kappa shape index (κ2) is 7.09. The maximum absolute atomic E-state index is 13.8. The van der Waals surface area contributed by atoms with E-state index in [-0.39, 0.29) is 16.7 Å². The van der Waals surface area contributed by atoms with Crippen molar-refractivity contribution in [2.45, 2.75) is 23.0 Å². The smallest absolute Gasteiger partial charge is 0.184 e. The van der Waals surface area contributed by atoms with Crippen molar-refractivity contribution in [1.29, 1.82) is 0 Å². The first kappa shape index (κ1) is 18.7. The molecule has 0 spiro atoms. The van der Waals surface area contributed by atoms with Gasteiger partial charge >= 0.3 is 0 Å². The number of sulfone groups is 1. The zero-order valence-corrected chi connectivity index (χ0v) is 16.0. The highest BCUT2D eigenvalue weighted by Gasteiger charge is 2.39. The normalized spacial score (nSPS) is 17.6. The van der Waals surface area contributed by atoms with Gasteiger partial charge in [0.1, 0.15) is 5.25 Å². The van der Waals surface area contributed by atoms with Gasteiger partial charge in [-0.1, -0.05) is 6.07 Å². The van der Waals surface area contributed by atoms with Gasteiger partial charge in [0.05, 0.1) is 10.5 Å². The first-order valence-corrected chi connectivity index (χ1v) is 10.8. The second-order valence-corrected chi connectivity index (χ2v) is 9.47. The third-order valence-electron chi connectivity index (χ3n) is 5.47. The molecule has 4 rings (SSSR count). The number of anilines is 2. The molecule has 0 aliphatic carbocycles. The Morgan fingerprint density at radius 2 is 1.68 bits per heavy atom. The molecule has 2 heterocycles. The number of aldehydes is 1. The summed E-state index contributed by atoms with van der Waals surface area (Å²) in [5, 5.41) is 8.80. The van der Waals surface area contributed by atoms with E-state index in [1.54, 1.807) is 0 Å². The predicted octanol–water partition coefficient (Wildman–Crippen LogP) is 2.61. The first-order chi connectivity index (χ1) is 13.4. The number of phenolic OH excluding ortho intramolecular Hbond substituents is 1. The van der Waals surface area contributed by atoms with Crippen LogP contribution < -0.4 is 9.80 Å².